The zero-order valence-corrected chi connectivity index (χ0v) is 13.2. The van der Waals surface area contributed by atoms with Gasteiger partial charge in [-0.05, 0) is 30.5 Å². The standard InChI is InChI=1S/C16H21N5O2/c1-10(2)7-14(16(23)20-6-5-17)21-15(22)11-3-4-13(19)12(8-11)9-18/h3-4,8-10,14,18H,6-7,19H2,1-2H3,(H,20,23)(H,21,22). The zero-order chi connectivity index (χ0) is 17.4. The Morgan fingerprint density at radius 1 is 1.43 bits per heavy atom. The summed E-state index contributed by atoms with van der Waals surface area (Å²) >= 11 is 0. The van der Waals surface area contributed by atoms with Gasteiger partial charge in [-0.3, -0.25) is 9.59 Å². The summed E-state index contributed by atoms with van der Waals surface area (Å²) in [5, 5.41) is 20.9. The lowest BCUT2D eigenvalue weighted by Gasteiger charge is -2.19. The van der Waals surface area contributed by atoms with Crippen molar-refractivity contribution in [3.05, 3.63) is 29.3 Å². The topological polar surface area (TPSA) is 132 Å². The lowest BCUT2D eigenvalue weighted by Crippen LogP contribution is -2.47. The molecule has 0 aliphatic carbocycles. The highest BCUT2D eigenvalue weighted by Gasteiger charge is 2.22. The zero-order valence-electron chi connectivity index (χ0n) is 13.2. The van der Waals surface area contributed by atoms with Crippen LogP contribution in [0.1, 0.15) is 36.2 Å². The number of nitrogens with one attached hydrogen (secondary N) is 3. The van der Waals surface area contributed by atoms with Crippen LogP contribution in [0.25, 0.3) is 0 Å². The summed E-state index contributed by atoms with van der Waals surface area (Å²) in [6, 6.07) is 5.68. The van der Waals surface area contributed by atoms with Gasteiger partial charge in [0.1, 0.15) is 12.6 Å². The number of nitriles is 1. The molecule has 0 saturated heterocycles. The van der Waals surface area contributed by atoms with Crippen molar-refractivity contribution in [2.45, 2.75) is 26.3 Å². The number of rotatable bonds is 7. The van der Waals surface area contributed by atoms with E-state index in [-0.39, 0.29) is 12.5 Å². The molecule has 122 valence electrons. The molecule has 7 nitrogen and oxygen atoms in total. The van der Waals surface area contributed by atoms with Gasteiger partial charge in [0.2, 0.25) is 5.91 Å². The van der Waals surface area contributed by atoms with Gasteiger partial charge in [-0.1, -0.05) is 13.8 Å². The second-order valence-electron chi connectivity index (χ2n) is 5.52. The fourth-order valence-corrected chi connectivity index (χ4v) is 2.04. The van der Waals surface area contributed by atoms with Crippen LogP contribution in [0, 0.1) is 22.7 Å². The molecule has 0 aliphatic heterocycles. The molecule has 1 atom stereocenters. The van der Waals surface area contributed by atoms with E-state index in [1.807, 2.05) is 19.9 Å². The third kappa shape index (κ3) is 5.43. The van der Waals surface area contributed by atoms with E-state index in [9.17, 15) is 9.59 Å². The Bertz CT molecular complexity index is 634. The first-order valence-corrected chi connectivity index (χ1v) is 7.24. The summed E-state index contributed by atoms with van der Waals surface area (Å²) in [5.74, 6) is -0.626. The molecule has 0 saturated carbocycles. The summed E-state index contributed by atoms with van der Waals surface area (Å²) in [6.45, 7) is 3.77. The number of carbonyl (C=O) groups excluding carboxylic acids is 2. The first kappa shape index (κ1) is 18.2. The molecule has 0 radical (unpaired) electrons. The minimum Gasteiger partial charge on any atom is -0.398 e. The van der Waals surface area contributed by atoms with Crippen LogP contribution in [0.5, 0.6) is 0 Å². The molecule has 0 heterocycles. The van der Waals surface area contributed by atoms with Crippen LogP contribution >= 0.6 is 0 Å². The molecule has 0 fully saturated rings. The van der Waals surface area contributed by atoms with Gasteiger partial charge in [0.15, 0.2) is 0 Å². The number of carbonyl (C=O) groups is 2. The minimum absolute atomic E-state index is 0.108. The first-order valence-electron chi connectivity index (χ1n) is 7.24. The second-order valence-corrected chi connectivity index (χ2v) is 5.52. The van der Waals surface area contributed by atoms with Crippen molar-refractivity contribution in [1.82, 2.24) is 10.6 Å². The number of hydrogen-bond donors (Lipinski definition) is 4. The van der Waals surface area contributed by atoms with Gasteiger partial charge in [0.05, 0.1) is 6.07 Å². The Kier molecular flexibility index (Phi) is 6.74. The molecule has 2 amide bonds. The van der Waals surface area contributed by atoms with Crippen molar-refractivity contribution in [2.24, 2.45) is 5.92 Å². The monoisotopic (exact) mass is 315 g/mol. The third-order valence-corrected chi connectivity index (χ3v) is 3.18. The summed E-state index contributed by atoms with van der Waals surface area (Å²) in [5.41, 5.74) is 6.85. The van der Waals surface area contributed by atoms with E-state index in [2.05, 4.69) is 10.6 Å². The third-order valence-electron chi connectivity index (χ3n) is 3.18. The predicted octanol–water partition coefficient (Wildman–Crippen LogP) is 1.05. The van der Waals surface area contributed by atoms with Crippen molar-refractivity contribution in [1.29, 1.82) is 10.7 Å². The molecular formula is C16H21N5O2. The highest BCUT2D eigenvalue weighted by molar-refractivity contribution is 5.99. The van der Waals surface area contributed by atoms with Crippen LogP contribution in [-0.4, -0.2) is 30.6 Å². The highest BCUT2D eigenvalue weighted by atomic mass is 16.2. The van der Waals surface area contributed by atoms with E-state index in [4.69, 9.17) is 16.4 Å². The molecule has 0 aliphatic rings. The molecule has 1 rings (SSSR count). The number of nitrogens with two attached hydrogens (primary N) is 1. The van der Waals surface area contributed by atoms with E-state index in [0.717, 1.165) is 6.21 Å². The fraction of sp³-hybridized carbons (Fsp3) is 0.375. The Labute approximate surface area is 135 Å². The Morgan fingerprint density at radius 3 is 2.70 bits per heavy atom. The van der Waals surface area contributed by atoms with Crippen LogP contribution in [0.4, 0.5) is 5.69 Å². The molecule has 7 heteroatoms. The number of anilines is 1. The average Bonchev–Trinajstić information content (AvgIpc) is 2.51. The van der Waals surface area contributed by atoms with Crippen LogP contribution < -0.4 is 16.4 Å². The molecule has 1 aromatic rings. The molecule has 5 N–H and O–H groups in total. The number of nitrogens with zero attached hydrogens (tertiary/aromatic N) is 1. The Morgan fingerprint density at radius 2 is 2.13 bits per heavy atom. The number of hydrogen-bond acceptors (Lipinski definition) is 5. The van der Waals surface area contributed by atoms with E-state index in [1.54, 1.807) is 6.07 Å². The fourth-order valence-electron chi connectivity index (χ4n) is 2.04. The number of benzene rings is 1. The highest BCUT2D eigenvalue weighted by Crippen LogP contribution is 2.13. The SMILES string of the molecule is CC(C)CC(NC(=O)c1ccc(N)c(C=N)c1)C(=O)NCC#N. The van der Waals surface area contributed by atoms with Gasteiger partial charge in [-0.25, -0.2) is 0 Å². The largest absolute Gasteiger partial charge is 0.398 e. The normalized spacial score (nSPS) is 11.4. The molecule has 0 spiro atoms. The van der Waals surface area contributed by atoms with Crippen molar-refractivity contribution in [3.63, 3.8) is 0 Å². The van der Waals surface area contributed by atoms with Crippen LogP contribution in [0.15, 0.2) is 18.2 Å². The van der Waals surface area contributed by atoms with Crippen LogP contribution in [0.2, 0.25) is 0 Å². The average molecular weight is 315 g/mol. The van der Waals surface area contributed by atoms with Gasteiger partial charge < -0.3 is 21.8 Å². The summed E-state index contributed by atoms with van der Waals surface area (Å²) in [4.78, 5) is 24.4. The van der Waals surface area contributed by atoms with Crippen LogP contribution in [0.3, 0.4) is 0 Å². The van der Waals surface area contributed by atoms with Gasteiger partial charge in [0, 0.05) is 23.0 Å². The minimum atomic E-state index is -0.725. The summed E-state index contributed by atoms with van der Waals surface area (Å²) < 4.78 is 0. The summed E-state index contributed by atoms with van der Waals surface area (Å²) in [7, 11) is 0. The lowest BCUT2D eigenvalue weighted by atomic mass is 10.0. The lowest BCUT2D eigenvalue weighted by molar-refractivity contribution is -0.123. The number of amides is 2. The van der Waals surface area contributed by atoms with Gasteiger partial charge >= 0.3 is 0 Å². The van der Waals surface area contributed by atoms with Crippen molar-refractivity contribution < 1.29 is 9.59 Å². The predicted molar refractivity (Wildman–Crippen MR) is 88.1 cm³/mol. The Balaban J connectivity index is 2.89. The molecule has 1 unspecified atom stereocenters. The van der Waals surface area contributed by atoms with E-state index in [0.29, 0.717) is 23.2 Å². The van der Waals surface area contributed by atoms with Crippen molar-refractivity contribution >= 4 is 23.7 Å². The first-order chi connectivity index (χ1) is 10.9. The maximum absolute atomic E-state index is 12.3. The van der Waals surface area contributed by atoms with E-state index < -0.39 is 17.9 Å². The maximum Gasteiger partial charge on any atom is 0.251 e. The second kappa shape index (κ2) is 8.54. The van der Waals surface area contributed by atoms with E-state index >= 15 is 0 Å². The Hall–Kier alpha value is -2.88. The van der Waals surface area contributed by atoms with Gasteiger partial charge in [-0.15, -0.1) is 0 Å². The van der Waals surface area contributed by atoms with Gasteiger partial charge in [0.25, 0.3) is 5.91 Å². The summed E-state index contributed by atoms with van der Waals surface area (Å²) in [6.07, 6.45) is 1.52. The molecule has 1 aromatic carbocycles. The molecule has 0 aromatic heterocycles. The van der Waals surface area contributed by atoms with Gasteiger partial charge in [-0.2, -0.15) is 5.26 Å². The quantitative estimate of drug-likeness (QED) is 0.340. The van der Waals surface area contributed by atoms with Crippen LogP contribution in [-0.2, 0) is 4.79 Å². The van der Waals surface area contributed by atoms with Crippen molar-refractivity contribution in [2.75, 3.05) is 12.3 Å². The molecule has 23 heavy (non-hydrogen) atoms. The van der Waals surface area contributed by atoms with Crippen molar-refractivity contribution in [3.8, 4) is 6.07 Å². The van der Waals surface area contributed by atoms with E-state index in [1.165, 1.54) is 12.1 Å². The molecular weight excluding hydrogens is 294 g/mol. The smallest absolute Gasteiger partial charge is 0.251 e. The maximum atomic E-state index is 12.3. The number of nitrogen functional groups attached to an aromatic ring is 1. The molecule has 0 bridgehead atoms.